The molecule has 0 spiro atoms. The van der Waals surface area contributed by atoms with E-state index in [9.17, 15) is 0 Å². The SMILES string of the molecule is COCCc1noc([C@H]2CCCN(Cc3cnc(N4CCCC4)nc3)C2)n1. The van der Waals surface area contributed by atoms with E-state index in [0.29, 0.717) is 18.9 Å². The van der Waals surface area contributed by atoms with Gasteiger partial charge in [-0.25, -0.2) is 9.97 Å². The molecule has 1 atom stereocenters. The van der Waals surface area contributed by atoms with Crippen molar-refractivity contribution in [2.45, 2.75) is 44.6 Å². The Morgan fingerprint density at radius 2 is 1.96 bits per heavy atom. The van der Waals surface area contributed by atoms with Crippen LogP contribution in [0.25, 0.3) is 0 Å². The van der Waals surface area contributed by atoms with Gasteiger partial charge in [-0.05, 0) is 32.2 Å². The lowest BCUT2D eigenvalue weighted by Gasteiger charge is -2.30. The summed E-state index contributed by atoms with van der Waals surface area (Å²) in [5, 5.41) is 4.08. The number of nitrogens with zero attached hydrogens (tertiary/aromatic N) is 6. The second-order valence-electron chi connectivity index (χ2n) is 7.45. The zero-order valence-electron chi connectivity index (χ0n) is 16.0. The number of hydrogen-bond acceptors (Lipinski definition) is 8. The van der Waals surface area contributed by atoms with Gasteiger partial charge in [0.25, 0.3) is 0 Å². The molecule has 2 aliphatic rings. The summed E-state index contributed by atoms with van der Waals surface area (Å²) in [6.45, 7) is 5.63. The van der Waals surface area contributed by atoms with Crippen molar-refractivity contribution in [1.29, 1.82) is 0 Å². The van der Waals surface area contributed by atoms with Gasteiger partial charge in [0, 0.05) is 57.7 Å². The lowest BCUT2D eigenvalue weighted by atomic mass is 9.97. The van der Waals surface area contributed by atoms with Crippen molar-refractivity contribution in [1.82, 2.24) is 25.0 Å². The van der Waals surface area contributed by atoms with Crippen LogP contribution in [0.15, 0.2) is 16.9 Å². The van der Waals surface area contributed by atoms with E-state index in [1.807, 2.05) is 12.4 Å². The minimum Gasteiger partial charge on any atom is -0.384 e. The maximum absolute atomic E-state index is 5.50. The van der Waals surface area contributed by atoms with E-state index in [0.717, 1.165) is 68.8 Å². The molecule has 0 aliphatic carbocycles. The molecular formula is C19H28N6O2. The number of likely N-dealkylation sites (tertiary alicyclic amines) is 1. The monoisotopic (exact) mass is 372 g/mol. The molecule has 27 heavy (non-hydrogen) atoms. The fraction of sp³-hybridized carbons (Fsp3) is 0.684. The van der Waals surface area contributed by atoms with Gasteiger partial charge in [0.15, 0.2) is 5.82 Å². The standard InChI is InChI=1S/C19H28N6O2/c1-26-10-6-17-22-18(27-23-17)16-5-4-7-24(14-16)13-15-11-20-19(21-12-15)25-8-2-3-9-25/h11-12,16H,2-10,13-14H2,1H3/t16-/m0/s1. The highest BCUT2D eigenvalue weighted by atomic mass is 16.5. The quantitative estimate of drug-likeness (QED) is 0.730. The fourth-order valence-electron chi connectivity index (χ4n) is 3.90. The molecule has 0 amide bonds. The van der Waals surface area contributed by atoms with Crippen molar-refractivity contribution in [3.05, 3.63) is 29.7 Å². The van der Waals surface area contributed by atoms with Crippen LogP contribution in [0, 0.1) is 0 Å². The Labute approximate surface area is 159 Å². The molecule has 2 aliphatic heterocycles. The Hall–Kier alpha value is -2.06. The first-order valence-electron chi connectivity index (χ1n) is 9.91. The lowest BCUT2D eigenvalue weighted by Crippen LogP contribution is -2.34. The molecule has 8 nitrogen and oxygen atoms in total. The van der Waals surface area contributed by atoms with E-state index in [-0.39, 0.29) is 0 Å². The van der Waals surface area contributed by atoms with E-state index < -0.39 is 0 Å². The molecule has 4 heterocycles. The van der Waals surface area contributed by atoms with Crippen LogP contribution in [-0.2, 0) is 17.7 Å². The van der Waals surface area contributed by atoms with Crippen LogP contribution in [0.2, 0.25) is 0 Å². The lowest BCUT2D eigenvalue weighted by molar-refractivity contribution is 0.179. The van der Waals surface area contributed by atoms with Gasteiger partial charge in [-0.2, -0.15) is 4.98 Å². The first kappa shape index (κ1) is 18.3. The normalized spacial score (nSPS) is 21.1. The van der Waals surface area contributed by atoms with E-state index in [2.05, 4.69) is 29.9 Å². The molecule has 2 aromatic heterocycles. The van der Waals surface area contributed by atoms with E-state index in [1.54, 1.807) is 7.11 Å². The minimum atomic E-state index is 0.298. The van der Waals surface area contributed by atoms with Gasteiger partial charge in [0.1, 0.15) is 0 Å². The average molecular weight is 372 g/mol. The summed E-state index contributed by atoms with van der Waals surface area (Å²) < 4.78 is 10.6. The number of hydrogen-bond donors (Lipinski definition) is 0. The number of aromatic nitrogens is 4. The Balaban J connectivity index is 1.33. The summed E-state index contributed by atoms with van der Waals surface area (Å²) >= 11 is 0. The molecule has 2 fully saturated rings. The van der Waals surface area contributed by atoms with Crippen LogP contribution in [0.4, 0.5) is 5.95 Å². The van der Waals surface area contributed by atoms with Crippen LogP contribution in [0.1, 0.15) is 48.9 Å². The van der Waals surface area contributed by atoms with E-state index in [4.69, 9.17) is 9.26 Å². The van der Waals surface area contributed by atoms with Crippen LogP contribution in [0.5, 0.6) is 0 Å². The number of piperidine rings is 1. The van der Waals surface area contributed by atoms with Crippen molar-refractivity contribution in [3.63, 3.8) is 0 Å². The second kappa shape index (κ2) is 8.75. The van der Waals surface area contributed by atoms with Crippen LogP contribution >= 0.6 is 0 Å². The maximum Gasteiger partial charge on any atom is 0.231 e. The minimum absolute atomic E-state index is 0.298. The first-order chi connectivity index (χ1) is 13.3. The van der Waals surface area contributed by atoms with Crippen LogP contribution in [-0.4, -0.2) is 64.9 Å². The largest absolute Gasteiger partial charge is 0.384 e. The third kappa shape index (κ3) is 4.62. The highest BCUT2D eigenvalue weighted by Crippen LogP contribution is 2.26. The van der Waals surface area contributed by atoms with E-state index >= 15 is 0 Å². The van der Waals surface area contributed by atoms with Gasteiger partial charge < -0.3 is 14.2 Å². The predicted octanol–water partition coefficient (Wildman–Crippen LogP) is 2.03. The fourth-order valence-corrected chi connectivity index (χ4v) is 3.90. The molecule has 2 saturated heterocycles. The number of rotatable bonds is 7. The third-order valence-electron chi connectivity index (χ3n) is 5.36. The van der Waals surface area contributed by atoms with Gasteiger partial charge in [-0.1, -0.05) is 5.16 Å². The molecule has 2 aromatic rings. The third-order valence-corrected chi connectivity index (χ3v) is 5.36. The van der Waals surface area contributed by atoms with Crippen LogP contribution < -0.4 is 4.90 Å². The van der Waals surface area contributed by atoms with Gasteiger partial charge >= 0.3 is 0 Å². The summed E-state index contributed by atoms with van der Waals surface area (Å²) in [6.07, 6.45) is 9.34. The van der Waals surface area contributed by atoms with Gasteiger partial charge in [0.2, 0.25) is 11.8 Å². The molecule has 8 heteroatoms. The maximum atomic E-state index is 5.50. The van der Waals surface area contributed by atoms with Crippen molar-refractivity contribution >= 4 is 5.95 Å². The molecule has 0 bridgehead atoms. The van der Waals surface area contributed by atoms with Gasteiger partial charge in [-0.3, -0.25) is 4.90 Å². The Morgan fingerprint density at radius 1 is 1.15 bits per heavy atom. The van der Waals surface area contributed by atoms with Crippen molar-refractivity contribution in [2.24, 2.45) is 0 Å². The first-order valence-corrected chi connectivity index (χ1v) is 9.91. The molecule has 0 N–H and O–H groups in total. The molecule has 0 unspecified atom stereocenters. The van der Waals surface area contributed by atoms with E-state index in [1.165, 1.54) is 12.8 Å². The molecular weight excluding hydrogens is 344 g/mol. The zero-order chi connectivity index (χ0) is 18.5. The Morgan fingerprint density at radius 3 is 2.74 bits per heavy atom. The summed E-state index contributed by atoms with van der Waals surface area (Å²) in [5.74, 6) is 2.65. The Bertz CT molecular complexity index is 713. The highest BCUT2D eigenvalue weighted by molar-refractivity contribution is 5.30. The van der Waals surface area contributed by atoms with Gasteiger partial charge in [0.05, 0.1) is 12.5 Å². The van der Waals surface area contributed by atoms with Gasteiger partial charge in [-0.15, -0.1) is 0 Å². The summed E-state index contributed by atoms with van der Waals surface area (Å²) in [5.41, 5.74) is 1.16. The summed E-state index contributed by atoms with van der Waals surface area (Å²) in [4.78, 5) is 18.4. The van der Waals surface area contributed by atoms with Crippen LogP contribution in [0.3, 0.4) is 0 Å². The molecule has 0 radical (unpaired) electrons. The predicted molar refractivity (Wildman–Crippen MR) is 101 cm³/mol. The highest BCUT2D eigenvalue weighted by Gasteiger charge is 2.26. The average Bonchev–Trinajstić information content (AvgIpc) is 3.39. The van der Waals surface area contributed by atoms with Crippen molar-refractivity contribution < 1.29 is 9.26 Å². The molecule has 0 aromatic carbocycles. The number of anilines is 1. The molecule has 4 rings (SSSR count). The Kier molecular flexibility index (Phi) is 5.94. The molecule has 0 saturated carbocycles. The number of ether oxygens (including phenoxy) is 1. The zero-order valence-corrected chi connectivity index (χ0v) is 16.0. The van der Waals surface area contributed by atoms with Crippen molar-refractivity contribution in [3.8, 4) is 0 Å². The summed E-state index contributed by atoms with van der Waals surface area (Å²) in [7, 11) is 1.68. The second-order valence-corrected chi connectivity index (χ2v) is 7.45. The number of methoxy groups -OCH3 is 1. The smallest absolute Gasteiger partial charge is 0.231 e. The molecule has 146 valence electrons. The topological polar surface area (TPSA) is 80.4 Å². The summed E-state index contributed by atoms with van der Waals surface area (Å²) in [6, 6.07) is 0. The van der Waals surface area contributed by atoms with Crippen molar-refractivity contribution in [2.75, 3.05) is 44.8 Å².